The monoisotopic (exact) mass is 500 g/mol. The minimum absolute atomic E-state index is 0.0407. The zero-order valence-corrected chi connectivity index (χ0v) is 21.3. The van der Waals surface area contributed by atoms with Crippen molar-refractivity contribution in [3.63, 3.8) is 0 Å². The number of anilines is 1. The smallest absolute Gasteiger partial charge is 0.258 e. The topological polar surface area (TPSA) is 113 Å². The van der Waals surface area contributed by atoms with Crippen molar-refractivity contribution in [2.75, 3.05) is 32.1 Å². The summed E-state index contributed by atoms with van der Waals surface area (Å²) in [5, 5.41) is 11.9. The quantitative estimate of drug-likeness (QED) is 0.475. The molecule has 4 rings (SSSR count). The molecule has 1 aliphatic heterocycles. The second-order valence-electron chi connectivity index (χ2n) is 8.43. The van der Waals surface area contributed by atoms with Crippen molar-refractivity contribution in [3.8, 4) is 6.07 Å². The van der Waals surface area contributed by atoms with E-state index in [0.29, 0.717) is 47.0 Å². The summed E-state index contributed by atoms with van der Waals surface area (Å²) in [5.41, 5.74) is 2.39. The second kappa shape index (κ2) is 13.7. The highest BCUT2D eigenvalue weighted by Gasteiger charge is 2.21. The van der Waals surface area contributed by atoms with E-state index < -0.39 is 0 Å². The van der Waals surface area contributed by atoms with Gasteiger partial charge in [-0.25, -0.2) is 9.97 Å². The molecule has 9 heteroatoms. The van der Waals surface area contributed by atoms with Crippen molar-refractivity contribution in [1.29, 1.82) is 5.26 Å². The zero-order chi connectivity index (χ0) is 26.6. The number of likely N-dealkylation sites (tertiary alicyclic amines) is 1. The van der Waals surface area contributed by atoms with E-state index in [9.17, 15) is 9.59 Å². The molecule has 3 heterocycles. The molecule has 0 atom stereocenters. The number of pyridine rings is 1. The first-order valence-corrected chi connectivity index (χ1v) is 12.2. The Balaban J connectivity index is 0.000000695. The Kier molecular flexibility index (Phi) is 10.1. The summed E-state index contributed by atoms with van der Waals surface area (Å²) in [6, 6.07) is 10.2. The maximum Gasteiger partial charge on any atom is 0.258 e. The van der Waals surface area contributed by atoms with E-state index in [1.54, 1.807) is 48.2 Å². The molecule has 1 fully saturated rings. The normalized spacial score (nSPS) is 13.1. The summed E-state index contributed by atoms with van der Waals surface area (Å²) in [6.07, 6.45) is 10.3. The molecule has 0 unspecified atom stereocenters. The minimum Gasteiger partial charge on any atom is -0.381 e. The summed E-state index contributed by atoms with van der Waals surface area (Å²) in [7, 11) is 1.64. The molecule has 2 aromatic heterocycles. The Hall–Kier alpha value is -4.29. The molecular weight excluding hydrogens is 468 g/mol. The SMILES string of the molecule is C/C=C/Cn1c(NC(=O)c2cccc(C#N)c2)nc2cc(C(=O)N3CCCCC3)cnc21.C=CCOC. The standard InChI is InChI=1S/C24H24N6O2.C4H8O/c1-2-3-12-30-21-20(14-19(16-26-21)23(32)29-10-5-4-6-11-29)27-24(30)28-22(31)18-9-7-8-17(13-18)15-25;1-3-4-5-2/h2-3,7-9,13-14,16H,4-6,10-12H2,1H3,(H,27,28,31);3H,1,4H2,2H3/b3-2+;. The molecule has 192 valence electrons. The third kappa shape index (κ3) is 7.12. The van der Waals surface area contributed by atoms with Crippen LogP contribution >= 0.6 is 0 Å². The number of allylic oxidation sites excluding steroid dienone is 2. The van der Waals surface area contributed by atoms with Gasteiger partial charge >= 0.3 is 0 Å². The van der Waals surface area contributed by atoms with Gasteiger partial charge in [-0.2, -0.15) is 5.26 Å². The molecule has 37 heavy (non-hydrogen) atoms. The fourth-order valence-corrected chi connectivity index (χ4v) is 3.91. The molecule has 0 saturated carbocycles. The lowest BCUT2D eigenvalue weighted by molar-refractivity contribution is 0.0724. The summed E-state index contributed by atoms with van der Waals surface area (Å²) >= 11 is 0. The number of amides is 2. The number of nitrogens with one attached hydrogen (secondary N) is 1. The lowest BCUT2D eigenvalue weighted by atomic mass is 10.1. The summed E-state index contributed by atoms with van der Waals surface area (Å²) in [4.78, 5) is 36.6. The average molecular weight is 501 g/mol. The summed E-state index contributed by atoms with van der Waals surface area (Å²) < 4.78 is 6.36. The Bertz CT molecular complexity index is 1320. The predicted octanol–water partition coefficient (Wildman–Crippen LogP) is 4.58. The van der Waals surface area contributed by atoms with Crippen LogP contribution in [0, 0.1) is 11.3 Å². The number of methoxy groups -OCH3 is 1. The first-order chi connectivity index (χ1) is 18.0. The Morgan fingerprint density at radius 3 is 2.65 bits per heavy atom. The van der Waals surface area contributed by atoms with Gasteiger partial charge in [0.15, 0.2) is 5.65 Å². The minimum atomic E-state index is -0.372. The van der Waals surface area contributed by atoms with Gasteiger partial charge in [-0.1, -0.05) is 24.3 Å². The molecule has 0 aliphatic carbocycles. The van der Waals surface area contributed by atoms with Gasteiger partial charge in [-0.3, -0.25) is 19.5 Å². The molecule has 0 radical (unpaired) electrons. The third-order valence-electron chi connectivity index (χ3n) is 5.76. The van der Waals surface area contributed by atoms with E-state index in [1.165, 1.54) is 6.07 Å². The number of piperidine rings is 1. The first-order valence-electron chi connectivity index (χ1n) is 12.2. The van der Waals surface area contributed by atoms with Crippen LogP contribution in [0.5, 0.6) is 0 Å². The molecule has 1 aliphatic rings. The number of nitrogens with zero attached hydrogens (tertiary/aromatic N) is 5. The second-order valence-corrected chi connectivity index (χ2v) is 8.43. The molecule has 1 saturated heterocycles. The van der Waals surface area contributed by atoms with Crippen molar-refractivity contribution < 1.29 is 14.3 Å². The Morgan fingerprint density at radius 2 is 2.00 bits per heavy atom. The summed E-state index contributed by atoms with van der Waals surface area (Å²) in [6.45, 7) is 7.97. The van der Waals surface area contributed by atoms with Crippen LogP contribution in [0.1, 0.15) is 52.5 Å². The van der Waals surface area contributed by atoms with Gasteiger partial charge in [-0.15, -0.1) is 6.58 Å². The number of rotatable bonds is 7. The molecular formula is C28H32N6O3. The summed E-state index contributed by atoms with van der Waals surface area (Å²) in [5.74, 6) is -0.0784. The van der Waals surface area contributed by atoms with Gasteiger partial charge in [0.1, 0.15) is 5.52 Å². The molecule has 9 nitrogen and oxygen atoms in total. The zero-order valence-electron chi connectivity index (χ0n) is 21.3. The number of nitriles is 1. The van der Waals surface area contributed by atoms with Crippen LogP contribution < -0.4 is 5.32 Å². The number of fused-ring (bicyclic) bond motifs is 1. The number of ether oxygens (including phenoxy) is 1. The van der Waals surface area contributed by atoms with E-state index in [0.717, 1.165) is 32.4 Å². The largest absolute Gasteiger partial charge is 0.381 e. The molecule has 2 amide bonds. The molecule has 0 spiro atoms. The number of carbonyl (C=O) groups is 2. The average Bonchev–Trinajstić information content (AvgIpc) is 3.28. The van der Waals surface area contributed by atoms with Gasteiger partial charge < -0.3 is 9.64 Å². The number of hydrogen-bond donors (Lipinski definition) is 1. The predicted molar refractivity (Wildman–Crippen MR) is 143 cm³/mol. The van der Waals surface area contributed by atoms with E-state index in [4.69, 9.17) is 5.26 Å². The molecule has 1 aromatic carbocycles. The molecule has 0 bridgehead atoms. The van der Waals surface area contributed by atoms with Gasteiger partial charge in [-0.05, 0) is 50.5 Å². The van der Waals surface area contributed by atoms with Crippen LogP contribution in [0.4, 0.5) is 5.95 Å². The van der Waals surface area contributed by atoms with Crippen LogP contribution in [0.2, 0.25) is 0 Å². The third-order valence-corrected chi connectivity index (χ3v) is 5.76. The van der Waals surface area contributed by atoms with Gasteiger partial charge in [0.25, 0.3) is 11.8 Å². The fraction of sp³-hybridized carbons (Fsp3) is 0.321. The van der Waals surface area contributed by atoms with Crippen LogP contribution in [-0.4, -0.2) is 58.1 Å². The number of benzene rings is 1. The van der Waals surface area contributed by atoms with E-state index in [2.05, 4.69) is 26.6 Å². The number of imidazole rings is 1. The van der Waals surface area contributed by atoms with Crippen molar-refractivity contribution in [2.24, 2.45) is 0 Å². The van der Waals surface area contributed by atoms with E-state index in [1.807, 2.05) is 30.0 Å². The van der Waals surface area contributed by atoms with Crippen LogP contribution in [0.3, 0.4) is 0 Å². The highest BCUT2D eigenvalue weighted by molar-refractivity contribution is 6.04. The van der Waals surface area contributed by atoms with Crippen LogP contribution in [-0.2, 0) is 11.3 Å². The first kappa shape index (κ1) is 27.3. The maximum atomic E-state index is 12.9. The van der Waals surface area contributed by atoms with Crippen molar-refractivity contribution in [2.45, 2.75) is 32.7 Å². The molecule has 1 N–H and O–H groups in total. The Morgan fingerprint density at radius 1 is 1.22 bits per heavy atom. The number of aromatic nitrogens is 3. The highest BCUT2D eigenvalue weighted by atomic mass is 16.5. The maximum absolute atomic E-state index is 12.9. The van der Waals surface area contributed by atoms with E-state index in [-0.39, 0.29) is 11.8 Å². The molecule has 3 aromatic rings. The van der Waals surface area contributed by atoms with Crippen LogP contribution in [0.25, 0.3) is 11.2 Å². The van der Waals surface area contributed by atoms with Crippen molar-refractivity contribution >= 4 is 28.9 Å². The van der Waals surface area contributed by atoms with Crippen molar-refractivity contribution in [1.82, 2.24) is 19.4 Å². The Labute approximate surface area is 217 Å². The number of hydrogen-bond acceptors (Lipinski definition) is 6. The van der Waals surface area contributed by atoms with Crippen LogP contribution in [0.15, 0.2) is 61.3 Å². The van der Waals surface area contributed by atoms with E-state index >= 15 is 0 Å². The fourth-order valence-electron chi connectivity index (χ4n) is 3.91. The number of carbonyl (C=O) groups excluding carboxylic acids is 2. The van der Waals surface area contributed by atoms with Crippen molar-refractivity contribution in [3.05, 3.63) is 78.0 Å². The van der Waals surface area contributed by atoms with Gasteiger partial charge in [0.2, 0.25) is 5.95 Å². The highest BCUT2D eigenvalue weighted by Crippen LogP contribution is 2.22. The lowest BCUT2D eigenvalue weighted by Crippen LogP contribution is -2.35. The van der Waals surface area contributed by atoms with Gasteiger partial charge in [0.05, 0.1) is 23.8 Å². The lowest BCUT2D eigenvalue weighted by Gasteiger charge is -2.26. The van der Waals surface area contributed by atoms with Gasteiger partial charge in [0, 0.05) is 38.5 Å².